The summed E-state index contributed by atoms with van der Waals surface area (Å²) >= 11 is 2.98. The Bertz CT molecular complexity index is 1310. The number of nitrogens with one attached hydrogen (secondary N) is 1. The average Bonchev–Trinajstić information content (AvgIpc) is 3.42. The molecule has 0 aliphatic carbocycles. The summed E-state index contributed by atoms with van der Waals surface area (Å²) in [6, 6.07) is 9.35. The Morgan fingerprint density at radius 1 is 1.39 bits per heavy atom. The average molecular weight is 412 g/mol. The second kappa shape index (κ2) is 6.65. The van der Waals surface area contributed by atoms with E-state index in [2.05, 4.69) is 10.3 Å². The molecule has 1 unspecified atom stereocenters. The molecule has 5 rings (SSSR count). The third-order valence-electron chi connectivity index (χ3n) is 4.56. The molecule has 4 aromatic heterocycles. The quantitative estimate of drug-likeness (QED) is 0.429. The van der Waals surface area contributed by atoms with Crippen molar-refractivity contribution in [3.8, 4) is 5.75 Å². The lowest BCUT2D eigenvalue weighted by Gasteiger charge is -2.10. The van der Waals surface area contributed by atoms with E-state index < -0.39 is 0 Å². The minimum atomic E-state index is -0.271. The first-order chi connectivity index (χ1) is 13.6. The Morgan fingerprint density at radius 2 is 2.29 bits per heavy atom. The minimum absolute atomic E-state index is 0.134. The number of benzene rings is 1. The Kier molecular flexibility index (Phi) is 4.10. The molecular formula is C20H17N3O3S2. The van der Waals surface area contributed by atoms with Crippen molar-refractivity contribution < 1.29 is 13.9 Å². The minimum Gasteiger partial charge on any atom is -0.490 e. The van der Waals surface area contributed by atoms with Gasteiger partial charge in [0.05, 0.1) is 23.0 Å². The van der Waals surface area contributed by atoms with E-state index in [1.54, 1.807) is 11.3 Å². The van der Waals surface area contributed by atoms with Crippen LogP contribution < -0.4 is 10.1 Å². The fourth-order valence-corrected chi connectivity index (χ4v) is 4.94. The number of thiazole rings is 1. The van der Waals surface area contributed by atoms with Crippen molar-refractivity contribution in [2.45, 2.75) is 19.9 Å². The SMILES string of the molecule is CCOc1cccc2cc(C(C)NC(=O)c3cc4c(nc5sccn54)s3)oc12. The summed E-state index contributed by atoms with van der Waals surface area (Å²) < 4.78 is 13.6. The molecular weight excluding hydrogens is 394 g/mol. The zero-order valence-electron chi connectivity index (χ0n) is 15.3. The molecule has 28 heavy (non-hydrogen) atoms. The molecule has 6 nitrogen and oxygen atoms in total. The van der Waals surface area contributed by atoms with E-state index in [0.717, 1.165) is 20.7 Å². The van der Waals surface area contributed by atoms with E-state index in [0.29, 0.717) is 28.6 Å². The highest BCUT2D eigenvalue weighted by molar-refractivity contribution is 7.21. The molecule has 0 spiro atoms. The van der Waals surface area contributed by atoms with Crippen LogP contribution in [-0.4, -0.2) is 21.9 Å². The van der Waals surface area contributed by atoms with Crippen molar-refractivity contribution in [2.75, 3.05) is 6.61 Å². The number of imidazole rings is 1. The molecule has 0 radical (unpaired) electrons. The standard InChI is InChI=1S/C20H17N3O3S2/c1-3-25-14-6-4-5-12-9-15(26-17(12)14)11(2)21-18(24)16-10-13-19(28-16)22-20-23(13)7-8-27-20/h4-11H,3H2,1-2H3,(H,21,24). The molecule has 0 fully saturated rings. The van der Waals surface area contributed by atoms with Crippen LogP contribution in [0.3, 0.4) is 0 Å². The maximum absolute atomic E-state index is 12.8. The maximum Gasteiger partial charge on any atom is 0.262 e. The summed E-state index contributed by atoms with van der Waals surface area (Å²) in [5, 5.41) is 5.96. The van der Waals surface area contributed by atoms with E-state index in [1.807, 2.05) is 60.2 Å². The third kappa shape index (κ3) is 2.76. The number of aromatic nitrogens is 2. The summed E-state index contributed by atoms with van der Waals surface area (Å²) in [7, 11) is 0. The Hall–Kier alpha value is -2.84. The zero-order chi connectivity index (χ0) is 19.3. The van der Waals surface area contributed by atoms with Crippen LogP contribution in [0.4, 0.5) is 0 Å². The van der Waals surface area contributed by atoms with Crippen LogP contribution in [0, 0.1) is 0 Å². The number of rotatable bonds is 5. The van der Waals surface area contributed by atoms with Crippen LogP contribution >= 0.6 is 22.7 Å². The fraction of sp³-hybridized carbons (Fsp3) is 0.200. The van der Waals surface area contributed by atoms with Gasteiger partial charge in [0.1, 0.15) is 10.6 Å². The summed E-state index contributed by atoms with van der Waals surface area (Å²) in [4.78, 5) is 19.8. The van der Waals surface area contributed by atoms with Gasteiger partial charge in [-0.25, -0.2) is 4.98 Å². The van der Waals surface area contributed by atoms with Crippen molar-refractivity contribution in [3.05, 3.63) is 52.5 Å². The molecule has 142 valence electrons. The molecule has 0 saturated heterocycles. The van der Waals surface area contributed by atoms with Gasteiger partial charge in [-0.2, -0.15) is 0 Å². The van der Waals surface area contributed by atoms with Crippen LogP contribution in [0.2, 0.25) is 0 Å². The molecule has 0 aliphatic rings. The highest BCUT2D eigenvalue weighted by Crippen LogP contribution is 2.32. The van der Waals surface area contributed by atoms with Crippen LogP contribution in [0.15, 0.2) is 46.3 Å². The Labute approximate surface area is 168 Å². The Morgan fingerprint density at radius 3 is 3.14 bits per heavy atom. The maximum atomic E-state index is 12.8. The van der Waals surface area contributed by atoms with Gasteiger partial charge in [0.15, 0.2) is 16.3 Å². The van der Waals surface area contributed by atoms with Gasteiger partial charge in [0.25, 0.3) is 5.91 Å². The van der Waals surface area contributed by atoms with Crippen molar-refractivity contribution in [1.82, 2.24) is 14.7 Å². The first-order valence-corrected chi connectivity index (χ1v) is 10.6. The number of carbonyl (C=O) groups is 1. The first-order valence-electron chi connectivity index (χ1n) is 8.95. The summed E-state index contributed by atoms with van der Waals surface area (Å²) in [6.07, 6.45) is 1.97. The van der Waals surface area contributed by atoms with Gasteiger partial charge in [-0.1, -0.05) is 12.1 Å². The number of furan rings is 1. The predicted octanol–water partition coefficient (Wildman–Crippen LogP) is 5.25. The topological polar surface area (TPSA) is 68.8 Å². The van der Waals surface area contributed by atoms with Gasteiger partial charge >= 0.3 is 0 Å². The van der Waals surface area contributed by atoms with Crippen LogP contribution in [0.25, 0.3) is 26.3 Å². The van der Waals surface area contributed by atoms with Gasteiger partial charge < -0.3 is 14.5 Å². The number of hydrogen-bond acceptors (Lipinski definition) is 6. The van der Waals surface area contributed by atoms with E-state index in [1.165, 1.54) is 11.3 Å². The lowest BCUT2D eigenvalue weighted by molar-refractivity contribution is 0.0940. The molecule has 0 aliphatic heterocycles. The molecule has 1 N–H and O–H groups in total. The monoisotopic (exact) mass is 411 g/mol. The van der Waals surface area contributed by atoms with Crippen molar-refractivity contribution in [2.24, 2.45) is 0 Å². The zero-order valence-corrected chi connectivity index (χ0v) is 16.9. The lowest BCUT2D eigenvalue weighted by atomic mass is 10.2. The smallest absolute Gasteiger partial charge is 0.262 e. The number of ether oxygens (including phenoxy) is 1. The molecule has 5 aromatic rings. The molecule has 8 heteroatoms. The number of para-hydroxylation sites is 1. The number of carbonyl (C=O) groups excluding carboxylic acids is 1. The highest BCUT2D eigenvalue weighted by Gasteiger charge is 2.20. The van der Waals surface area contributed by atoms with Crippen molar-refractivity contribution >= 4 is 54.9 Å². The molecule has 0 bridgehead atoms. The fourth-order valence-electron chi connectivity index (χ4n) is 3.24. The van der Waals surface area contributed by atoms with Gasteiger partial charge in [-0.15, -0.1) is 22.7 Å². The van der Waals surface area contributed by atoms with Gasteiger partial charge in [0.2, 0.25) is 0 Å². The first kappa shape index (κ1) is 17.3. The van der Waals surface area contributed by atoms with Gasteiger partial charge in [-0.05, 0) is 32.0 Å². The van der Waals surface area contributed by atoms with Crippen molar-refractivity contribution in [3.63, 3.8) is 0 Å². The van der Waals surface area contributed by atoms with Crippen LogP contribution in [0.5, 0.6) is 5.75 Å². The van der Waals surface area contributed by atoms with Crippen LogP contribution in [-0.2, 0) is 0 Å². The van der Waals surface area contributed by atoms with E-state index in [4.69, 9.17) is 9.15 Å². The summed E-state index contributed by atoms with van der Waals surface area (Å²) in [6.45, 7) is 4.42. The van der Waals surface area contributed by atoms with Gasteiger partial charge in [-0.3, -0.25) is 9.20 Å². The molecule has 0 saturated carbocycles. The van der Waals surface area contributed by atoms with Crippen molar-refractivity contribution in [1.29, 1.82) is 0 Å². The third-order valence-corrected chi connectivity index (χ3v) is 6.34. The van der Waals surface area contributed by atoms with E-state index >= 15 is 0 Å². The number of nitrogens with zero attached hydrogens (tertiary/aromatic N) is 2. The number of fused-ring (bicyclic) bond motifs is 4. The second-order valence-corrected chi connectivity index (χ2v) is 8.32. The number of hydrogen-bond donors (Lipinski definition) is 1. The number of amides is 1. The molecule has 1 amide bonds. The largest absolute Gasteiger partial charge is 0.490 e. The molecule has 1 atom stereocenters. The molecule has 1 aromatic carbocycles. The van der Waals surface area contributed by atoms with E-state index in [9.17, 15) is 4.79 Å². The summed E-state index contributed by atoms with van der Waals surface area (Å²) in [5.74, 6) is 1.27. The summed E-state index contributed by atoms with van der Waals surface area (Å²) in [5.41, 5.74) is 1.67. The predicted molar refractivity (Wildman–Crippen MR) is 112 cm³/mol. The highest BCUT2D eigenvalue weighted by atomic mass is 32.1. The second-order valence-electron chi connectivity index (χ2n) is 6.42. The number of thiophene rings is 1. The van der Waals surface area contributed by atoms with Gasteiger partial charge in [0, 0.05) is 17.0 Å². The molecule has 4 heterocycles. The normalized spacial score (nSPS) is 12.8. The Balaban J connectivity index is 1.40. The lowest BCUT2D eigenvalue weighted by Crippen LogP contribution is -2.25. The van der Waals surface area contributed by atoms with E-state index in [-0.39, 0.29) is 11.9 Å². The van der Waals surface area contributed by atoms with Crippen LogP contribution in [0.1, 0.15) is 35.3 Å².